The fraction of sp³-hybridized carbons (Fsp3) is 0. The fourth-order valence-electron chi connectivity index (χ4n) is 1.07. The zero-order chi connectivity index (χ0) is 10.7. The van der Waals surface area contributed by atoms with Crippen molar-refractivity contribution >= 4 is 28.8 Å². The SMILES string of the molecule is N#Cc1ccc(Sc2nccs2)cc1N. The van der Waals surface area contributed by atoms with Crippen molar-refractivity contribution in [1.82, 2.24) is 4.98 Å². The first kappa shape index (κ1) is 10.0. The smallest absolute Gasteiger partial charge is 0.154 e. The first-order valence-corrected chi connectivity index (χ1v) is 5.86. The molecule has 3 nitrogen and oxygen atoms in total. The Labute approximate surface area is 95.6 Å². The van der Waals surface area contributed by atoms with Crippen LogP contribution in [0.25, 0.3) is 0 Å². The van der Waals surface area contributed by atoms with Crippen LogP contribution in [0.4, 0.5) is 5.69 Å². The molecular formula is C10H7N3S2. The highest BCUT2D eigenvalue weighted by atomic mass is 32.2. The van der Waals surface area contributed by atoms with Crippen LogP contribution in [-0.2, 0) is 0 Å². The van der Waals surface area contributed by atoms with E-state index in [1.54, 1.807) is 41.4 Å². The average molecular weight is 233 g/mol. The van der Waals surface area contributed by atoms with Crippen molar-refractivity contribution in [3.8, 4) is 6.07 Å². The summed E-state index contributed by atoms with van der Waals surface area (Å²) in [7, 11) is 0. The molecule has 0 fully saturated rings. The van der Waals surface area contributed by atoms with Crippen LogP contribution < -0.4 is 5.73 Å². The molecule has 74 valence electrons. The fourth-order valence-corrected chi connectivity index (χ4v) is 2.71. The van der Waals surface area contributed by atoms with E-state index >= 15 is 0 Å². The van der Waals surface area contributed by atoms with E-state index in [2.05, 4.69) is 4.98 Å². The third kappa shape index (κ3) is 2.29. The molecule has 0 bridgehead atoms. The second kappa shape index (κ2) is 4.34. The van der Waals surface area contributed by atoms with Gasteiger partial charge in [-0.15, -0.1) is 11.3 Å². The summed E-state index contributed by atoms with van der Waals surface area (Å²) in [5.74, 6) is 0. The minimum absolute atomic E-state index is 0.512. The lowest BCUT2D eigenvalue weighted by Crippen LogP contribution is -1.89. The molecule has 1 heterocycles. The molecule has 15 heavy (non-hydrogen) atoms. The molecule has 2 rings (SSSR count). The summed E-state index contributed by atoms with van der Waals surface area (Å²) >= 11 is 3.13. The summed E-state index contributed by atoms with van der Waals surface area (Å²) in [4.78, 5) is 5.16. The van der Waals surface area contributed by atoms with Crippen molar-refractivity contribution in [2.24, 2.45) is 0 Å². The zero-order valence-corrected chi connectivity index (χ0v) is 9.31. The van der Waals surface area contributed by atoms with Crippen molar-refractivity contribution in [2.45, 2.75) is 9.24 Å². The highest BCUT2D eigenvalue weighted by molar-refractivity contribution is 8.01. The molecule has 1 aromatic heterocycles. The van der Waals surface area contributed by atoms with Crippen LogP contribution in [-0.4, -0.2) is 4.98 Å². The zero-order valence-electron chi connectivity index (χ0n) is 7.68. The summed E-state index contributed by atoms with van der Waals surface area (Å²) < 4.78 is 0.971. The summed E-state index contributed by atoms with van der Waals surface area (Å²) in [5, 5.41) is 10.6. The van der Waals surface area contributed by atoms with E-state index in [-0.39, 0.29) is 0 Å². The van der Waals surface area contributed by atoms with Gasteiger partial charge >= 0.3 is 0 Å². The quantitative estimate of drug-likeness (QED) is 0.810. The topological polar surface area (TPSA) is 62.7 Å². The van der Waals surface area contributed by atoms with Gasteiger partial charge in [0, 0.05) is 16.5 Å². The Morgan fingerprint density at radius 3 is 2.93 bits per heavy atom. The molecule has 2 N–H and O–H groups in total. The molecule has 0 atom stereocenters. The molecule has 0 unspecified atom stereocenters. The maximum Gasteiger partial charge on any atom is 0.154 e. The van der Waals surface area contributed by atoms with Crippen LogP contribution in [0.15, 0.2) is 39.0 Å². The maximum atomic E-state index is 8.72. The molecule has 0 aliphatic heterocycles. The van der Waals surface area contributed by atoms with Crippen LogP contribution in [0.3, 0.4) is 0 Å². The van der Waals surface area contributed by atoms with Crippen molar-refractivity contribution in [3.63, 3.8) is 0 Å². The normalized spacial score (nSPS) is 9.80. The van der Waals surface area contributed by atoms with Crippen molar-refractivity contribution in [1.29, 1.82) is 5.26 Å². The number of nitriles is 1. The number of thiazole rings is 1. The number of benzene rings is 1. The lowest BCUT2D eigenvalue weighted by molar-refractivity contribution is 1.25. The van der Waals surface area contributed by atoms with Gasteiger partial charge in [0.25, 0.3) is 0 Å². The Hall–Kier alpha value is -1.51. The molecular weight excluding hydrogens is 226 g/mol. The van der Waals surface area contributed by atoms with Gasteiger partial charge in [-0.05, 0) is 18.2 Å². The molecule has 0 saturated carbocycles. The van der Waals surface area contributed by atoms with Crippen LogP contribution in [0.1, 0.15) is 5.56 Å². The number of anilines is 1. The first-order chi connectivity index (χ1) is 7.29. The van der Waals surface area contributed by atoms with Gasteiger partial charge in [0.15, 0.2) is 4.34 Å². The Kier molecular flexibility index (Phi) is 2.90. The van der Waals surface area contributed by atoms with Gasteiger partial charge < -0.3 is 5.73 Å². The van der Waals surface area contributed by atoms with E-state index < -0.39 is 0 Å². The number of nitrogen functional groups attached to an aromatic ring is 1. The van der Waals surface area contributed by atoms with E-state index in [9.17, 15) is 0 Å². The molecule has 0 radical (unpaired) electrons. The molecule has 0 aliphatic rings. The van der Waals surface area contributed by atoms with Crippen LogP contribution in [0, 0.1) is 11.3 Å². The summed E-state index contributed by atoms with van der Waals surface area (Å²) in [6.45, 7) is 0. The Balaban J connectivity index is 2.24. The maximum absolute atomic E-state index is 8.72. The molecule has 0 spiro atoms. The summed E-state index contributed by atoms with van der Waals surface area (Å²) in [5.41, 5.74) is 6.73. The predicted octanol–water partition coefficient (Wildman–Crippen LogP) is 2.75. The van der Waals surface area contributed by atoms with Crippen molar-refractivity contribution in [2.75, 3.05) is 5.73 Å². The predicted molar refractivity (Wildman–Crippen MR) is 61.8 cm³/mol. The highest BCUT2D eigenvalue weighted by Crippen LogP contribution is 2.30. The second-order valence-electron chi connectivity index (χ2n) is 2.76. The minimum Gasteiger partial charge on any atom is -0.398 e. The van der Waals surface area contributed by atoms with Crippen LogP contribution >= 0.6 is 23.1 Å². The molecule has 0 aliphatic carbocycles. The largest absolute Gasteiger partial charge is 0.398 e. The number of nitrogens with zero attached hydrogens (tertiary/aromatic N) is 2. The number of hydrogen-bond donors (Lipinski definition) is 1. The summed E-state index contributed by atoms with van der Waals surface area (Å²) in [6.07, 6.45) is 1.76. The van der Waals surface area contributed by atoms with Crippen molar-refractivity contribution < 1.29 is 0 Å². The molecule has 0 amide bonds. The number of aromatic nitrogens is 1. The van der Waals surface area contributed by atoms with Gasteiger partial charge in [-0.3, -0.25) is 0 Å². The van der Waals surface area contributed by atoms with E-state index in [1.165, 1.54) is 0 Å². The average Bonchev–Trinajstić information content (AvgIpc) is 2.71. The molecule has 5 heteroatoms. The second-order valence-corrected chi connectivity index (χ2v) is 4.98. The van der Waals surface area contributed by atoms with Crippen LogP contribution in [0.5, 0.6) is 0 Å². The van der Waals surface area contributed by atoms with Gasteiger partial charge in [0.1, 0.15) is 6.07 Å². The van der Waals surface area contributed by atoms with Gasteiger partial charge in [0.2, 0.25) is 0 Å². The monoisotopic (exact) mass is 233 g/mol. The Bertz CT molecular complexity index is 500. The molecule has 0 saturated heterocycles. The van der Waals surface area contributed by atoms with Crippen molar-refractivity contribution in [3.05, 3.63) is 35.3 Å². The number of rotatable bonds is 2. The van der Waals surface area contributed by atoms with Crippen LogP contribution in [0.2, 0.25) is 0 Å². The minimum atomic E-state index is 0.512. The summed E-state index contributed by atoms with van der Waals surface area (Å²) in [6, 6.07) is 7.43. The third-order valence-electron chi connectivity index (χ3n) is 1.76. The molecule has 1 aromatic carbocycles. The lowest BCUT2D eigenvalue weighted by Gasteiger charge is -2.00. The lowest BCUT2D eigenvalue weighted by atomic mass is 10.2. The number of hydrogen-bond acceptors (Lipinski definition) is 5. The Morgan fingerprint density at radius 1 is 1.47 bits per heavy atom. The third-order valence-corrected chi connectivity index (χ3v) is 3.63. The van der Waals surface area contributed by atoms with Gasteiger partial charge in [-0.25, -0.2) is 4.98 Å². The van der Waals surface area contributed by atoms with E-state index in [4.69, 9.17) is 11.0 Å². The highest BCUT2D eigenvalue weighted by Gasteiger charge is 2.03. The standard InChI is InChI=1S/C10H7N3S2/c11-6-7-1-2-8(5-9(7)12)15-10-13-3-4-14-10/h1-5H,12H2. The van der Waals surface area contributed by atoms with E-state index in [0.29, 0.717) is 11.3 Å². The van der Waals surface area contributed by atoms with Gasteiger partial charge in [-0.1, -0.05) is 11.8 Å². The van der Waals surface area contributed by atoms with E-state index in [1.807, 2.05) is 17.5 Å². The van der Waals surface area contributed by atoms with E-state index in [0.717, 1.165) is 9.24 Å². The number of nitrogens with two attached hydrogens (primary N) is 1. The van der Waals surface area contributed by atoms with Gasteiger partial charge in [-0.2, -0.15) is 5.26 Å². The first-order valence-electron chi connectivity index (χ1n) is 4.16. The van der Waals surface area contributed by atoms with Gasteiger partial charge in [0.05, 0.1) is 11.3 Å². The Morgan fingerprint density at radius 2 is 2.33 bits per heavy atom. The molecule has 2 aromatic rings.